The van der Waals surface area contributed by atoms with E-state index in [1.54, 1.807) is 36.1 Å². The van der Waals surface area contributed by atoms with Crippen molar-refractivity contribution in [2.45, 2.75) is 45.2 Å². The van der Waals surface area contributed by atoms with Gasteiger partial charge in [-0.25, -0.2) is 19.3 Å². The van der Waals surface area contributed by atoms with Crippen molar-refractivity contribution in [2.75, 3.05) is 19.0 Å². The highest BCUT2D eigenvalue weighted by Crippen LogP contribution is 2.27. The molecule has 10 heteroatoms. The predicted molar refractivity (Wildman–Crippen MR) is 145 cm³/mol. The fraction of sp³-hybridized carbons (Fsp3) is 0.370. The molecule has 0 bridgehead atoms. The molecule has 0 aliphatic heterocycles. The van der Waals surface area contributed by atoms with Crippen LogP contribution in [0.2, 0.25) is 5.02 Å². The van der Waals surface area contributed by atoms with Gasteiger partial charge in [0.15, 0.2) is 5.65 Å². The number of nitrogens with one attached hydrogen (secondary N) is 1. The van der Waals surface area contributed by atoms with Crippen LogP contribution in [0.15, 0.2) is 53.7 Å². The second-order valence-corrected chi connectivity index (χ2v) is 10.3. The minimum atomic E-state index is -0.143. The Labute approximate surface area is 220 Å². The van der Waals surface area contributed by atoms with Crippen molar-refractivity contribution < 1.29 is 4.79 Å². The van der Waals surface area contributed by atoms with E-state index in [1.165, 1.54) is 0 Å². The first-order valence-corrected chi connectivity index (χ1v) is 12.8. The summed E-state index contributed by atoms with van der Waals surface area (Å²) in [7, 11) is 3.86. The van der Waals surface area contributed by atoms with Gasteiger partial charge in [-0.05, 0) is 68.9 Å². The van der Waals surface area contributed by atoms with Crippen molar-refractivity contribution in [1.29, 1.82) is 0 Å². The number of amides is 1. The Bertz CT molecular complexity index is 1490. The molecule has 5 rings (SSSR count). The Hall–Kier alpha value is -3.72. The molecule has 0 radical (unpaired) electrons. The molecule has 1 fully saturated rings. The van der Waals surface area contributed by atoms with Gasteiger partial charge in [0.25, 0.3) is 5.91 Å². The molecule has 1 amide bonds. The first kappa shape index (κ1) is 25.0. The Morgan fingerprint density at radius 3 is 2.59 bits per heavy atom. The van der Waals surface area contributed by atoms with E-state index >= 15 is 0 Å². The second-order valence-electron chi connectivity index (χ2n) is 9.82. The van der Waals surface area contributed by atoms with Gasteiger partial charge in [0.2, 0.25) is 0 Å². The number of halogens is 1. The summed E-state index contributed by atoms with van der Waals surface area (Å²) in [6.45, 7) is 2.41. The molecule has 0 aromatic carbocycles. The number of hydrogen-bond donors (Lipinski definition) is 1. The van der Waals surface area contributed by atoms with Gasteiger partial charge in [0, 0.05) is 39.1 Å². The second kappa shape index (κ2) is 10.3. The first-order valence-electron chi connectivity index (χ1n) is 12.4. The van der Waals surface area contributed by atoms with E-state index in [1.807, 2.05) is 47.8 Å². The van der Waals surface area contributed by atoms with Crippen molar-refractivity contribution in [3.8, 4) is 5.69 Å². The standard InChI is InChI=1S/C27H30ClN7O2/c1-17-22(13-19(28)14-30-17)26(36)32-20-8-6-18(7-9-20)16-34-23-5-4-12-29-25(23)35(27(34)37)21-10-11-24(31-15-21)33(2)3/h4-5,10-15,18,20H,6-9,16H2,1-3H3,(H,32,36). The molecular formula is C27H30ClN7O2. The van der Waals surface area contributed by atoms with Crippen LogP contribution in [0.3, 0.4) is 0 Å². The lowest BCUT2D eigenvalue weighted by molar-refractivity contribution is 0.0919. The molecule has 1 aliphatic carbocycles. The maximum Gasteiger partial charge on any atom is 0.335 e. The molecule has 37 heavy (non-hydrogen) atoms. The van der Waals surface area contributed by atoms with E-state index in [0.29, 0.717) is 40.1 Å². The van der Waals surface area contributed by atoms with Crippen molar-refractivity contribution >= 4 is 34.5 Å². The number of nitrogens with zero attached hydrogens (tertiary/aromatic N) is 6. The van der Waals surface area contributed by atoms with Crippen molar-refractivity contribution in [1.82, 2.24) is 29.4 Å². The van der Waals surface area contributed by atoms with Crippen molar-refractivity contribution in [3.05, 3.63) is 75.7 Å². The van der Waals surface area contributed by atoms with Gasteiger partial charge in [0.05, 0.1) is 33.7 Å². The summed E-state index contributed by atoms with van der Waals surface area (Å²) in [5.74, 6) is 1.00. The lowest BCUT2D eigenvalue weighted by Crippen LogP contribution is -2.39. The molecule has 1 saturated carbocycles. The van der Waals surface area contributed by atoms with Crippen LogP contribution in [-0.4, -0.2) is 50.1 Å². The van der Waals surface area contributed by atoms with Gasteiger partial charge in [0.1, 0.15) is 5.82 Å². The molecule has 1 aliphatic rings. The minimum Gasteiger partial charge on any atom is -0.363 e. The molecule has 0 saturated heterocycles. The Balaban J connectivity index is 1.31. The lowest BCUT2D eigenvalue weighted by Gasteiger charge is -2.29. The number of anilines is 1. The van der Waals surface area contributed by atoms with E-state index in [9.17, 15) is 9.59 Å². The van der Waals surface area contributed by atoms with Crippen LogP contribution in [0.1, 0.15) is 41.7 Å². The van der Waals surface area contributed by atoms with Crippen LogP contribution in [0.4, 0.5) is 5.82 Å². The van der Waals surface area contributed by atoms with Crippen molar-refractivity contribution in [3.63, 3.8) is 0 Å². The number of aryl methyl sites for hydroxylation is 1. The largest absolute Gasteiger partial charge is 0.363 e. The van der Waals surface area contributed by atoms with Crippen LogP contribution in [0, 0.1) is 12.8 Å². The molecule has 192 valence electrons. The van der Waals surface area contributed by atoms with E-state index in [0.717, 1.165) is 37.0 Å². The summed E-state index contributed by atoms with van der Waals surface area (Å²) in [4.78, 5) is 41.4. The smallest absolute Gasteiger partial charge is 0.335 e. The number of hydrogen-bond acceptors (Lipinski definition) is 6. The van der Waals surface area contributed by atoms with E-state index < -0.39 is 0 Å². The number of rotatable bonds is 6. The number of pyridine rings is 3. The Morgan fingerprint density at radius 1 is 1.11 bits per heavy atom. The molecule has 9 nitrogen and oxygen atoms in total. The summed E-state index contributed by atoms with van der Waals surface area (Å²) < 4.78 is 3.46. The van der Waals surface area contributed by atoms with Gasteiger partial charge in [-0.1, -0.05) is 11.6 Å². The molecule has 4 aromatic rings. The zero-order valence-electron chi connectivity index (χ0n) is 21.2. The van der Waals surface area contributed by atoms with Gasteiger partial charge in [-0.15, -0.1) is 0 Å². The molecule has 0 spiro atoms. The highest BCUT2D eigenvalue weighted by molar-refractivity contribution is 6.30. The fourth-order valence-corrected chi connectivity index (χ4v) is 5.18. The number of imidazole rings is 1. The molecule has 0 atom stereocenters. The normalized spacial score (nSPS) is 17.6. The van der Waals surface area contributed by atoms with E-state index in [4.69, 9.17) is 11.6 Å². The third-order valence-corrected chi connectivity index (χ3v) is 7.27. The van der Waals surface area contributed by atoms with Gasteiger partial charge in [-0.2, -0.15) is 0 Å². The van der Waals surface area contributed by atoms with Crippen LogP contribution >= 0.6 is 11.6 Å². The topological polar surface area (TPSA) is 97.9 Å². The average molecular weight is 520 g/mol. The first-order chi connectivity index (χ1) is 17.8. The number of aromatic nitrogens is 5. The molecule has 4 heterocycles. The van der Waals surface area contributed by atoms with Gasteiger partial charge in [-0.3, -0.25) is 14.3 Å². The van der Waals surface area contributed by atoms with Crippen LogP contribution in [-0.2, 0) is 6.54 Å². The molecular weight excluding hydrogens is 490 g/mol. The van der Waals surface area contributed by atoms with E-state index in [2.05, 4.69) is 20.3 Å². The van der Waals surface area contributed by atoms with Gasteiger partial charge < -0.3 is 10.2 Å². The minimum absolute atomic E-state index is 0.0862. The number of carbonyl (C=O) groups excluding carboxylic acids is 1. The van der Waals surface area contributed by atoms with Crippen LogP contribution in [0.5, 0.6) is 0 Å². The van der Waals surface area contributed by atoms with E-state index in [-0.39, 0.29) is 17.6 Å². The summed E-state index contributed by atoms with van der Waals surface area (Å²) in [5, 5.41) is 3.58. The van der Waals surface area contributed by atoms with Crippen molar-refractivity contribution in [2.24, 2.45) is 5.92 Å². The number of carbonyl (C=O) groups is 1. The highest BCUT2D eigenvalue weighted by atomic mass is 35.5. The summed E-state index contributed by atoms with van der Waals surface area (Å²) in [6.07, 6.45) is 8.49. The zero-order chi connectivity index (χ0) is 26.1. The van der Waals surface area contributed by atoms with Gasteiger partial charge >= 0.3 is 5.69 Å². The lowest BCUT2D eigenvalue weighted by atomic mass is 9.85. The predicted octanol–water partition coefficient (Wildman–Crippen LogP) is 3.99. The average Bonchev–Trinajstić information content (AvgIpc) is 3.17. The SMILES string of the molecule is Cc1ncc(Cl)cc1C(=O)NC1CCC(Cn2c(=O)n(-c3ccc(N(C)C)nc3)c3ncccc32)CC1. The zero-order valence-corrected chi connectivity index (χ0v) is 21.9. The molecule has 1 N–H and O–H groups in total. The summed E-state index contributed by atoms with van der Waals surface area (Å²) in [5.41, 5.74) is 3.17. The maximum absolute atomic E-state index is 13.6. The maximum atomic E-state index is 13.6. The van der Waals surface area contributed by atoms with Crippen LogP contribution in [0.25, 0.3) is 16.9 Å². The Morgan fingerprint density at radius 2 is 1.89 bits per heavy atom. The summed E-state index contributed by atoms with van der Waals surface area (Å²) >= 11 is 6.03. The summed E-state index contributed by atoms with van der Waals surface area (Å²) in [6, 6.07) is 9.33. The third kappa shape index (κ3) is 5.09. The molecule has 0 unspecified atom stereocenters. The Kier molecular flexibility index (Phi) is 6.97. The molecule has 4 aromatic heterocycles. The number of fused-ring (bicyclic) bond motifs is 1. The quantitative estimate of drug-likeness (QED) is 0.413. The third-order valence-electron chi connectivity index (χ3n) is 7.06. The monoisotopic (exact) mass is 519 g/mol. The fourth-order valence-electron chi connectivity index (χ4n) is 5.02. The highest BCUT2D eigenvalue weighted by Gasteiger charge is 2.26. The van der Waals surface area contributed by atoms with Crippen LogP contribution < -0.4 is 15.9 Å².